The first kappa shape index (κ1) is 85.4. The summed E-state index contributed by atoms with van der Waals surface area (Å²) in [7, 11) is -49.0. The largest absolute Gasteiger partial charge is 0.790 e. The van der Waals surface area contributed by atoms with Crippen molar-refractivity contribution in [2.75, 3.05) is 26.4 Å². The van der Waals surface area contributed by atoms with Crippen LogP contribution in [-0.2, 0) is 126 Å². The van der Waals surface area contributed by atoms with Gasteiger partial charge in [-0.3, -0.25) is 53.8 Å². The molecule has 8 radical (unpaired) electrons. The van der Waals surface area contributed by atoms with Crippen LogP contribution in [0.2, 0.25) is 0 Å². The molecule has 19 unspecified atom stereocenters. The molecular weight excluding hydrogens is 1420 g/mol. The minimum Gasteiger partial charge on any atom is -0.790 e. The highest BCUT2D eigenvalue weighted by molar-refractivity contribution is 7.66. The van der Waals surface area contributed by atoms with Crippen molar-refractivity contribution in [3.05, 3.63) is 12.2 Å². The lowest BCUT2D eigenvalue weighted by molar-refractivity contribution is -0.342. The van der Waals surface area contributed by atoms with E-state index >= 15 is 0 Å². The van der Waals surface area contributed by atoms with E-state index in [9.17, 15) is 148 Å². The highest BCUT2D eigenvalue weighted by Crippen LogP contribution is 2.63. The molecule has 0 aromatic heterocycles. The van der Waals surface area contributed by atoms with Crippen molar-refractivity contribution in [3.63, 3.8) is 0 Å². The van der Waals surface area contributed by atoms with E-state index in [1.54, 1.807) is 0 Å². The molecule has 0 bridgehead atoms. The van der Waals surface area contributed by atoms with E-state index in [2.05, 4.69) is 52.6 Å². The van der Waals surface area contributed by atoms with E-state index in [4.69, 9.17) is 50.3 Å². The van der Waals surface area contributed by atoms with Crippen molar-refractivity contribution in [2.45, 2.75) is 93.4 Å². The molecule has 0 amide bonds. The first-order valence-electron chi connectivity index (χ1n) is 20.0. The average molecular weight is 1450 g/mol. The van der Waals surface area contributed by atoms with Crippen molar-refractivity contribution >= 4 is 125 Å². The fourth-order valence-electron chi connectivity index (χ4n) is 5.11. The second-order valence-electron chi connectivity index (χ2n) is 14.7. The Labute approximate surface area is 475 Å². The number of rotatable bonds is 28. The molecule has 3 N–H and O–H groups in total. The van der Waals surface area contributed by atoms with E-state index in [1.165, 1.54) is 12.2 Å². The first-order chi connectivity index (χ1) is 36.8. The SMILES string of the molecule is C.[B]C1C=CC(COP(=O)([O-])OP(=O)([O-])OP(=O)([O-])[O-])O1.[B]C1CC(O)C(COP(=O)([O-])OP(=O)([O-])OP(=O)([O-])[O-])O1.[B]C1CCC(COP(=O)([O-])OP(=O)([O-])OP(=O)([O-])[O-])O1.[B]C1OC(COP(=O)([O-])OP(=O)([O-])OP(=O)([O-])[O-])C(O)C1O. The van der Waals surface area contributed by atoms with Crippen molar-refractivity contribution in [1.82, 2.24) is 0 Å². The van der Waals surface area contributed by atoms with Crippen LogP contribution in [0.5, 0.6) is 0 Å². The zero-order valence-corrected chi connectivity index (χ0v) is 50.2. The lowest BCUT2D eigenvalue weighted by Crippen LogP contribution is -2.34. The summed E-state index contributed by atoms with van der Waals surface area (Å²) in [5.74, 6) is 0. The maximum Gasteiger partial charge on any atom is 0.278 e. The molecule has 19 atom stereocenters. The molecule has 4 heterocycles. The summed E-state index contributed by atoms with van der Waals surface area (Å²) in [6, 6.07) is -3.55. The predicted octanol–water partition coefficient (Wildman–Crippen LogP) is -12.8. The third-order valence-corrected chi connectivity index (χ3v) is 22.5. The zero-order valence-electron chi connectivity index (χ0n) is 39.4. The van der Waals surface area contributed by atoms with Gasteiger partial charge in [-0.1, -0.05) is 19.6 Å². The fraction of sp³-hybridized carbons (Fsp3) is 0.905. The monoisotopic (exact) mass is 1450 g/mol. The Bertz CT molecular complexity index is 2750. The van der Waals surface area contributed by atoms with Crippen LogP contribution in [0.15, 0.2) is 12.2 Å². The maximum absolute atomic E-state index is 11.2. The van der Waals surface area contributed by atoms with Gasteiger partial charge in [0.15, 0.2) is 0 Å². The summed E-state index contributed by atoms with van der Waals surface area (Å²) in [5, 5.41) is 28.0. The summed E-state index contributed by atoms with van der Waals surface area (Å²) >= 11 is 0. The summed E-state index contributed by atoms with van der Waals surface area (Å²) in [6.45, 7) is -3.11. The molecule has 63 heteroatoms. The standard InChI is InChI=1S/C5H12BO13P3.C5H12BO12P3.C5H12BO11P3.C5H10BO11P3.CH4/c6-5-4(8)3(7)2(17-5)1-16-21(12,13)19-22(14,15)18-20(9,10)11;6-5-1-3(7)4(16-5)2-15-20(11,12)18-21(13,14)17-19(8,9)10;2*6-5-2-1-4(15-5)3-14-19(10,11)17-20(12,13)16-18(7,8)9;/h2-5,7-8H,1H2,(H,12,13)(H,14,15)(H2,9,10,11);3-5,7H,1-2H2,(H,11,12)(H,13,14)(H2,8,9,10);4-5H,1-3H2,(H,10,11)(H,12,13)(H2,7,8,9);1-2,4-5H,3H2,(H,10,11)(H,12,13)(H2,7,8,9);1H4/p-16. The Morgan fingerprint density at radius 2 is 0.738 bits per heavy atom. The molecule has 488 valence electrons. The highest BCUT2D eigenvalue weighted by Gasteiger charge is 2.41. The summed E-state index contributed by atoms with van der Waals surface area (Å²) < 4.78 is 189. The second kappa shape index (κ2) is 34.0. The third-order valence-electron chi connectivity index (χ3n) is 7.85. The van der Waals surface area contributed by atoms with Crippen molar-refractivity contribution < 1.29 is 220 Å². The lowest BCUT2D eigenvalue weighted by Gasteiger charge is -2.37. The number of phosphoric acid groups is 12. The molecule has 47 nitrogen and oxygen atoms in total. The van der Waals surface area contributed by atoms with E-state index in [0.29, 0.717) is 12.8 Å². The van der Waals surface area contributed by atoms with Crippen LogP contribution in [0.25, 0.3) is 0 Å². The molecule has 3 saturated heterocycles. The molecule has 4 aliphatic rings. The van der Waals surface area contributed by atoms with Gasteiger partial charge in [0.05, 0.1) is 82.1 Å². The van der Waals surface area contributed by atoms with Crippen LogP contribution in [0, 0.1) is 0 Å². The first-order valence-corrected chi connectivity index (χ1v) is 37.5. The van der Waals surface area contributed by atoms with Gasteiger partial charge >= 0.3 is 0 Å². The normalized spacial score (nSPS) is 31.3. The highest BCUT2D eigenvalue weighted by atomic mass is 31.3. The third kappa shape index (κ3) is 39.7. The molecule has 0 aromatic carbocycles. The van der Waals surface area contributed by atoms with Crippen LogP contribution in [0.3, 0.4) is 0 Å². The topological polar surface area (TPSA) is 782 Å². The van der Waals surface area contributed by atoms with E-state index < -0.39 is 187 Å². The molecule has 0 aliphatic carbocycles. The van der Waals surface area contributed by atoms with E-state index in [1.807, 2.05) is 0 Å². The molecule has 84 heavy (non-hydrogen) atoms. The molecule has 0 saturated carbocycles. The van der Waals surface area contributed by atoms with Gasteiger partial charge in [-0.25, -0.2) is 17.2 Å². The van der Waals surface area contributed by atoms with Crippen molar-refractivity contribution in [1.29, 1.82) is 0 Å². The second-order valence-corrected chi connectivity index (χ2v) is 31.7. The maximum atomic E-state index is 11.2. The zero-order chi connectivity index (χ0) is 65.0. The van der Waals surface area contributed by atoms with Crippen LogP contribution in [0.4, 0.5) is 0 Å². The molecular formula is C21H34B4O47P12-16. The van der Waals surface area contributed by atoms with Gasteiger partial charge in [-0.05, 0) is 19.3 Å². The van der Waals surface area contributed by atoms with Crippen molar-refractivity contribution in [2.24, 2.45) is 0 Å². The van der Waals surface area contributed by atoms with E-state index in [-0.39, 0.29) is 13.8 Å². The van der Waals surface area contributed by atoms with Gasteiger partial charge < -0.3 is 149 Å². The van der Waals surface area contributed by atoms with Crippen molar-refractivity contribution in [3.8, 4) is 0 Å². The van der Waals surface area contributed by atoms with Crippen LogP contribution in [-0.4, -0.2) is 140 Å². The van der Waals surface area contributed by atoms with Crippen LogP contribution >= 0.6 is 93.9 Å². The fourth-order valence-corrected chi connectivity index (χ4v) is 16.6. The molecule has 4 aliphatic heterocycles. The Balaban J connectivity index is 0.00000109. The molecule has 3 fully saturated rings. The molecule has 0 aromatic rings. The van der Waals surface area contributed by atoms with Crippen LogP contribution in [0.1, 0.15) is 26.7 Å². The van der Waals surface area contributed by atoms with Gasteiger partial charge in [0.25, 0.3) is 62.6 Å². The molecule has 4 rings (SSSR count). The number of aliphatic hydroxyl groups excluding tert-OH is 3. The Morgan fingerprint density at radius 3 is 1.01 bits per heavy atom. The number of ether oxygens (including phenoxy) is 4. The predicted molar refractivity (Wildman–Crippen MR) is 229 cm³/mol. The van der Waals surface area contributed by atoms with E-state index in [0.717, 1.165) is 0 Å². The summed E-state index contributed by atoms with van der Waals surface area (Å²) in [6.07, 6.45) is -4.92. The van der Waals surface area contributed by atoms with Gasteiger partial charge in [0.1, 0.15) is 49.7 Å². The Kier molecular flexibility index (Phi) is 34.5. The number of aliphatic hydroxyl groups is 3. The Morgan fingerprint density at radius 1 is 0.393 bits per heavy atom. The smallest absolute Gasteiger partial charge is 0.278 e. The minimum atomic E-state index is -6.07. The number of phosphoric ester groups is 4. The van der Waals surface area contributed by atoms with Gasteiger partial charge in [0, 0.05) is 24.0 Å². The number of hydrogen-bond acceptors (Lipinski definition) is 47. The molecule has 0 spiro atoms. The Hall–Kier alpha value is 1.36. The van der Waals surface area contributed by atoms with Gasteiger partial charge in [0.2, 0.25) is 0 Å². The van der Waals surface area contributed by atoms with Gasteiger partial charge in [-0.2, -0.15) is 0 Å². The lowest BCUT2D eigenvalue weighted by atomic mass is 9.93. The quantitative estimate of drug-likeness (QED) is 0.0372. The summed E-state index contributed by atoms with van der Waals surface area (Å²) in [4.78, 5) is 168. The summed E-state index contributed by atoms with van der Waals surface area (Å²) in [5.41, 5.74) is 0. The average Bonchev–Trinajstić information content (AvgIpc) is 3.97. The minimum absolute atomic E-state index is 0. The number of hydrogen-bond donors (Lipinski definition) is 3. The van der Waals surface area contributed by atoms with Crippen LogP contribution < -0.4 is 78.3 Å². The van der Waals surface area contributed by atoms with Gasteiger partial charge in [-0.15, -0.1) is 0 Å².